The normalized spacial score (nSPS) is 11.7. The van der Waals surface area contributed by atoms with Crippen molar-refractivity contribution in [2.75, 3.05) is 5.32 Å². The molecule has 4 rings (SSSR count). The number of hydrogen-bond acceptors (Lipinski definition) is 4. The van der Waals surface area contributed by atoms with Gasteiger partial charge >= 0.3 is 0 Å². The van der Waals surface area contributed by atoms with Crippen molar-refractivity contribution in [1.29, 1.82) is 0 Å². The largest absolute Gasteiger partial charge is 0.305 e. The van der Waals surface area contributed by atoms with Gasteiger partial charge in [0.25, 0.3) is 5.91 Å². The first-order valence-corrected chi connectivity index (χ1v) is 9.10. The second-order valence-corrected chi connectivity index (χ2v) is 7.75. The Morgan fingerprint density at radius 1 is 1.07 bits per heavy atom. The molecule has 0 saturated heterocycles. The Morgan fingerprint density at radius 3 is 2.46 bits per heavy atom. The van der Waals surface area contributed by atoms with Crippen LogP contribution in [0.15, 0.2) is 55.0 Å². The number of benzene rings is 1. The van der Waals surface area contributed by atoms with E-state index in [-0.39, 0.29) is 11.3 Å². The molecule has 0 radical (unpaired) electrons. The van der Waals surface area contributed by atoms with Crippen LogP contribution in [-0.2, 0) is 5.41 Å². The molecule has 0 spiro atoms. The van der Waals surface area contributed by atoms with Gasteiger partial charge in [-0.15, -0.1) is 5.10 Å². The van der Waals surface area contributed by atoms with Gasteiger partial charge in [-0.25, -0.2) is 14.5 Å². The van der Waals surface area contributed by atoms with E-state index in [2.05, 4.69) is 41.2 Å². The van der Waals surface area contributed by atoms with Crippen LogP contribution in [0.4, 0.5) is 5.82 Å². The third-order valence-electron chi connectivity index (χ3n) is 4.63. The number of aryl methyl sites for hydroxylation is 1. The molecular weight excluding hydrogens is 352 g/mol. The quantitative estimate of drug-likeness (QED) is 0.592. The number of amides is 1. The minimum Gasteiger partial charge on any atom is -0.305 e. The second-order valence-electron chi connectivity index (χ2n) is 7.75. The minimum atomic E-state index is -0.199. The molecule has 1 aromatic carbocycles. The fraction of sp³-hybridized carbons (Fsp3) is 0.238. The lowest BCUT2D eigenvalue weighted by atomic mass is 9.87. The van der Waals surface area contributed by atoms with Gasteiger partial charge in [-0.3, -0.25) is 9.36 Å². The number of hydrogen-bond donors (Lipinski definition) is 1. The molecule has 3 aromatic heterocycles. The highest BCUT2D eigenvalue weighted by molar-refractivity contribution is 6.03. The second kappa shape index (κ2) is 6.60. The number of imidazole rings is 2. The molecule has 0 aliphatic heterocycles. The summed E-state index contributed by atoms with van der Waals surface area (Å²) in [7, 11) is 0. The molecule has 142 valence electrons. The maximum absolute atomic E-state index is 12.6. The molecule has 1 N–H and O–H groups in total. The number of rotatable bonds is 3. The van der Waals surface area contributed by atoms with Crippen LogP contribution >= 0.6 is 0 Å². The Kier molecular flexibility index (Phi) is 4.22. The zero-order chi connectivity index (χ0) is 19.9. The third-order valence-corrected chi connectivity index (χ3v) is 4.63. The maximum Gasteiger partial charge on any atom is 0.256 e. The van der Waals surface area contributed by atoms with Gasteiger partial charge in [0.1, 0.15) is 5.82 Å². The molecule has 0 atom stereocenters. The van der Waals surface area contributed by atoms with Gasteiger partial charge in [-0.1, -0.05) is 32.9 Å². The van der Waals surface area contributed by atoms with Crippen LogP contribution in [0, 0.1) is 6.92 Å². The number of nitrogens with zero attached hydrogens (tertiary/aromatic N) is 5. The molecular formula is C21H22N6O. The summed E-state index contributed by atoms with van der Waals surface area (Å²) in [4.78, 5) is 21.2. The summed E-state index contributed by atoms with van der Waals surface area (Å²) in [6.45, 7) is 8.35. The maximum atomic E-state index is 12.6. The third kappa shape index (κ3) is 3.38. The average molecular weight is 374 g/mol. The number of carbonyl (C=O) groups is 1. The van der Waals surface area contributed by atoms with Crippen molar-refractivity contribution < 1.29 is 4.79 Å². The van der Waals surface area contributed by atoms with Crippen molar-refractivity contribution in [3.8, 4) is 5.82 Å². The van der Waals surface area contributed by atoms with Gasteiger partial charge in [0.2, 0.25) is 0 Å². The molecule has 0 unspecified atom stereocenters. The fourth-order valence-corrected chi connectivity index (χ4v) is 2.99. The SMILES string of the molecule is Cc1nccn1-c1ccc2nc(NC(=O)c3ccc(C(C)(C)C)cc3)cn2n1. The molecule has 1 amide bonds. The molecule has 0 bridgehead atoms. The molecule has 0 fully saturated rings. The van der Waals surface area contributed by atoms with E-state index in [1.54, 1.807) is 16.9 Å². The Hall–Kier alpha value is -3.48. The number of nitrogens with one attached hydrogen (secondary N) is 1. The Morgan fingerprint density at radius 2 is 1.82 bits per heavy atom. The lowest BCUT2D eigenvalue weighted by molar-refractivity contribution is 0.102. The lowest BCUT2D eigenvalue weighted by Crippen LogP contribution is -2.14. The van der Waals surface area contributed by atoms with E-state index >= 15 is 0 Å². The average Bonchev–Trinajstić information content (AvgIpc) is 3.25. The van der Waals surface area contributed by atoms with Crippen LogP contribution in [0.2, 0.25) is 0 Å². The Labute approximate surface area is 163 Å². The monoisotopic (exact) mass is 374 g/mol. The van der Waals surface area contributed by atoms with Gasteiger partial charge in [0.05, 0.1) is 6.20 Å². The van der Waals surface area contributed by atoms with Gasteiger partial charge in [0, 0.05) is 18.0 Å². The van der Waals surface area contributed by atoms with E-state index in [0.29, 0.717) is 17.0 Å². The van der Waals surface area contributed by atoms with Crippen molar-refractivity contribution in [3.05, 3.63) is 71.9 Å². The summed E-state index contributed by atoms with van der Waals surface area (Å²) in [6.07, 6.45) is 5.28. The van der Waals surface area contributed by atoms with Gasteiger partial charge in [0.15, 0.2) is 17.3 Å². The summed E-state index contributed by atoms with van der Waals surface area (Å²) in [6, 6.07) is 11.4. The van der Waals surface area contributed by atoms with Gasteiger partial charge in [-0.05, 0) is 42.2 Å². The summed E-state index contributed by atoms with van der Waals surface area (Å²) in [5.74, 6) is 1.83. The highest BCUT2D eigenvalue weighted by atomic mass is 16.1. The van der Waals surface area contributed by atoms with Crippen molar-refractivity contribution in [2.24, 2.45) is 0 Å². The fourth-order valence-electron chi connectivity index (χ4n) is 2.99. The van der Waals surface area contributed by atoms with Crippen molar-refractivity contribution >= 4 is 17.4 Å². The Bertz CT molecular complexity index is 1150. The van der Waals surface area contributed by atoms with Gasteiger partial charge in [-0.2, -0.15) is 0 Å². The summed E-state index contributed by atoms with van der Waals surface area (Å²) < 4.78 is 3.53. The van der Waals surface area contributed by atoms with E-state index in [0.717, 1.165) is 11.6 Å². The topological polar surface area (TPSA) is 77.1 Å². The number of anilines is 1. The minimum absolute atomic E-state index is 0.0492. The lowest BCUT2D eigenvalue weighted by Gasteiger charge is -2.18. The molecule has 4 aromatic rings. The van der Waals surface area contributed by atoms with Crippen LogP contribution in [0.5, 0.6) is 0 Å². The summed E-state index contributed by atoms with van der Waals surface area (Å²) >= 11 is 0. The van der Waals surface area contributed by atoms with Crippen molar-refractivity contribution in [3.63, 3.8) is 0 Å². The standard InChI is InChI=1S/C21H22N6O/c1-14-22-11-12-26(14)19-10-9-18-23-17(13-27(18)25-19)24-20(28)15-5-7-16(8-6-15)21(2,3)4/h5-13H,1-4H3,(H,24,28). The van der Waals surface area contributed by atoms with Crippen LogP contribution in [0.25, 0.3) is 11.5 Å². The molecule has 0 aliphatic carbocycles. The molecule has 28 heavy (non-hydrogen) atoms. The number of aromatic nitrogens is 5. The highest BCUT2D eigenvalue weighted by Gasteiger charge is 2.15. The van der Waals surface area contributed by atoms with Gasteiger partial charge < -0.3 is 5.32 Å². The first-order chi connectivity index (χ1) is 13.3. The van der Waals surface area contributed by atoms with Crippen LogP contribution in [-0.4, -0.2) is 30.1 Å². The number of carbonyl (C=O) groups excluding carboxylic acids is 1. The summed E-state index contributed by atoms with van der Waals surface area (Å²) in [5.41, 5.74) is 2.48. The molecule has 7 nitrogen and oxygen atoms in total. The van der Waals surface area contributed by atoms with E-state index < -0.39 is 0 Å². The van der Waals surface area contributed by atoms with Crippen molar-refractivity contribution in [1.82, 2.24) is 24.1 Å². The molecule has 7 heteroatoms. The van der Waals surface area contributed by atoms with E-state index in [1.165, 1.54) is 5.56 Å². The summed E-state index contributed by atoms with van der Waals surface area (Å²) in [5, 5.41) is 7.39. The van der Waals surface area contributed by atoms with Crippen LogP contribution in [0.3, 0.4) is 0 Å². The molecule has 0 aliphatic rings. The van der Waals surface area contributed by atoms with Crippen molar-refractivity contribution in [2.45, 2.75) is 33.1 Å². The van der Waals surface area contributed by atoms with E-state index in [4.69, 9.17) is 0 Å². The first-order valence-electron chi connectivity index (χ1n) is 9.10. The molecule has 3 heterocycles. The molecule has 0 saturated carbocycles. The number of fused-ring (bicyclic) bond motifs is 1. The van der Waals surface area contributed by atoms with E-state index in [1.807, 2.05) is 54.1 Å². The van der Waals surface area contributed by atoms with Crippen LogP contribution < -0.4 is 5.32 Å². The Balaban J connectivity index is 1.56. The smallest absolute Gasteiger partial charge is 0.256 e. The predicted octanol–water partition coefficient (Wildman–Crippen LogP) is 3.77. The van der Waals surface area contributed by atoms with E-state index in [9.17, 15) is 4.79 Å². The zero-order valence-electron chi connectivity index (χ0n) is 16.3. The zero-order valence-corrected chi connectivity index (χ0v) is 16.3. The predicted molar refractivity (Wildman–Crippen MR) is 108 cm³/mol. The first kappa shape index (κ1) is 17.9. The van der Waals surface area contributed by atoms with Crippen LogP contribution in [0.1, 0.15) is 42.5 Å². The highest BCUT2D eigenvalue weighted by Crippen LogP contribution is 2.22.